The van der Waals surface area contributed by atoms with Crippen molar-refractivity contribution in [1.82, 2.24) is 14.7 Å². The van der Waals surface area contributed by atoms with Gasteiger partial charge in [-0.1, -0.05) is 42.0 Å². The first kappa shape index (κ1) is 21.3. The lowest BCUT2D eigenvalue weighted by Crippen LogP contribution is -2.44. The van der Waals surface area contributed by atoms with Crippen molar-refractivity contribution >= 4 is 11.7 Å². The number of carbonyl (C=O) groups is 1. The number of anilines is 1. The van der Waals surface area contributed by atoms with Crippen molar-refractivity contribution in [2.75, 3.05) is 18.4 Å². The molecule has 0 bridgehead atoms. The topological polar surface area (TPSA) is 59.4 Å². The van der Waals surface area contributed by atoms with Crippen molar-refractivity contribution in [2.24, 2.45) is 0 Å². The van der Waals surface area contributed by atoms with Crippen LogP contribution in [0.5, 0.6) is 0 Å². The molecule has 1 amide bonds. The Balaban J connectivity index is 1.38. The van der Waals surface area contributed by atoms with E-state index in [2.05, 4.69) is 54.3 Å². The van der Waals surface area contributed by atoms with E-state index in [1.807, 2.05) is 41.1 Å². The molecule has 2 unspecified atom stereocenters. The van der Waals surface area contributed by atoms with E-state index in [4.69, 9.17) is 4.74 Å². The smallest absolute Gasteiger partial charge is 0.256 e. The highest BCUT2D eigenvalue weighted by molar-refractivity contribution is 6.03. The fourth-order valence-corrected chi connectivity index (χ4v) is 4.17. The van der Waals surface area contributed by atoms with Crippen molar-refractivity contribution in [3.8, 4) is 0 Å². The van der Waals surface area contributed by atoms with E-state index in [9.17, 15) is 4.79 Å². The lowest BCUT2D eigenvalue weighted by molar-refractivity contribution is -0.0704. The first-order valence-electron chi connectivity index (χ1n) is 10.8. The second-order valence-electron chi connectivity index (χ2n) is 8.47. The molecule has 162 valence electrons. The van der Waals surface area contributed by atoms with Crippen LogP contribution in [0.2, 0.25) is 0 Å². The van der Waals surface area contributed by atoms with Crippen LogP contribution in [-0.4, -0.2) is 45.9 Å². The Kier molecular flexibility index (Phi) is 6.49. The quantitative estimate of drug-likeness (QED) is 0.655. The zero-order valence-electron chi connectivity index (χ0n) is 18.4. The summed E-state index contributed by atoms with van der Waals surface area (Å²) < 4.78 is 7.61. The van der Waals surface area contributed by atoms with E-state index in [1.165, 1.54) is 11.1 Å². The number of aromatic nitrogens is 2. The Hall–Kier alpha value is -2.96. The molecule has 0 radical (unpaired) electrons. The number of hydrogen-bond acceptors (Lipinski definition) is 4. The molecule has 2 heterocycles. The Labute approximate surface area is 183 Å². The van der Waals surface area contributed by atoms with E-state index in [0.717, 1.165) is 25.2 Å². The molecule has 31 heavy (non-hydrogen) atoms. The van der Waals surface area contributed by atoms with Crippen LogP contribution >= 0.6 is 0 Å². The van der Waals surface area contributed by atoms with E-state index >= 15 is 0 Å². The van der Waals surface area contributed by atoms with E-state index < -0.39 is 0 Å². The SMILES string of the molecule is Cc1cccc(Cn2nccc2NC(=O)c2ccc(CN3CC(C)OC(C)C3)cc2)c1. The largest absolute Gasteiger partial charge is 0.373 e. The minimum Gasteiger partial charge on any atom is -0.373 e. The van der Waals surface area contributed by atoms with Crippen LogP contribution in [0, 0.1) is 6.92 Å². The molecule has 6 heteroatoms. The van der Waals surface area contributed by atoms with Crippen LogP contribution in [0.25, 0.3) is 0 Å². The predicted octanol–water partition coefficient (Wildman–Crippen LogP) is 4.10. The van der Waals surface area contributed by atoms with Crippen LogP contribution in [0.4, 0.5) is 5.82 Å². The number of nitrogens with one attached hydrogen (secondary N) is 1. The van der Waals surface area contributed by atoms with Gasteiger partial charge in [0.1, 0.15) is 5.82 Å². The summed E-state index contributed by atoms with van der Waals surface area (Å²) in [6, 6.07) is 18.0. The number of benzene rings is 2. The number of ether oxygens (including phenoxy) is 1. The van der Waals surface area contributed by atoms with Gasteiger partial charge in [-0.2, -0.15) is 5.10 Å². The number of hydrogen-bond donors (Lipinski definition) is 1. The summed E-state index contributed by atoms with van der Waals surface area (Å²) in [7, 11) is 0. The maximum Gasteiger partial charge on any atom is 0.256 e. The van der Waals surface area contributed by atoms with Crippen LogP contribution < -0.4 is 5.32 Å². The molecule has 0 saturated carbocycles. The number of nitrogens with zero attached hydrogens (tertiary/aromatic N) is 3. The number of amides is 1. The fourth-order valence-electron chi connectivity index (χ4n) is 4.17. The van der Waals surface area contributed by atoms with Gasteiger partial charge in [-0.25, -0.2) is 4.68 Å². The molecule has 6 nitrogen and oxygen atoms in total. The highest BCUT2D eigenvalue weighted by Gasteiger charge is 2.22. The second kappa shape index (κ2) is 9.45. The maximum absolute atomic E-state index is 12.8. The third kappa shape index (κ3) is 5.60. The normalized spacial score (nSPS) is 19.3. The van der Waals surface area contributed by atoms with Crippen LogP contribution in [0.1, 0.15) is 40.9 Å². The Morgan fingerprint density at radius 1 is 1.03 bits per heavy atom. The van der Waals surface area contributed by atoms with Crippen molar-refractivity contribution in [3.05, 3.63) is 83.0 Å². The maximum atomic E-state index is 12.8. The van der Waals surface area contributed by atoms with Gasteiger partial charge in [0.25, 0.3) is 5.91 Å². The molecule has 2 atom stereocenters. The molecular weight excluding hydrogens is 388 g/mol. The lowest BCUT2D eigenvalue weighted by atomic mass is 10.1. The molecular formula is C25H30N4O2. The minimum atomic E-state index is -0.133. The summed E-state index contributed by atoms with van der Waals surface area (Å²) in [6.07, 6.45) is 2.20. The number of morpholine rings is 1. The highest BCUT2D eigenvalue weighted by atomic mass is 16.5. The molecule has 1 aromatic heterocycles. The minimum absolute atomic E-state index is 0.133. The molecule has 1 aliphatic rings. The molecule has 1 aliphatic heterocycles. The summed E-state index contributed by atoms with van der Waals surface area (Å²) in [4.78, 5) is 15.2. The molecule has 3 aromatic rings. The average molecular weight is 419 g/mol. The molecule has 0 spiro atoms. The average Bonchev–Trinajstić information content (AvgIpc) is 3.14. The summed E-state index contributed by atoms with van der Waals surface area (Å²) >= 11 is 0. The number of rotatable bonds is 6. The summed E-state index contributed by atoms with van der Waals surface area (Å²) in [6.45, 7) is 9.62. The number of carbonyl (C=O) groups excluding carboxylic acids is 1. The van der Waals surface area contributed by atoms with Crippen LogP contribution in [0.3, 0.4) is 0 Å². The number of aryl methyl sites for hydroxylation is 1. The van der Waals surface area contributed by atoms with Crippen LogP contribution in [0.15, 0.2) is 60.8 Å². The molecule has 0 aliphatic carbocycles. The van der Waals surface area contributed by atoms with Crippen molar-refractivity contribution in [1.29, 1.82) is 0 Å². The summed E-state index contributed by atoms with van der Waals surface area (Å²) in [5.41, 5.74) is 4.18. The zero-order chi connectivity index (χ0) is 21.8. The zero-order valence-corrected chi connectivity index (χ0v) is 18.4. The summed E-state index contributed by atoms with van der Waals surface area (Å²) in [5.74, 6) is 0.554. The third-order valence-electron chi connectivity index (χ3n) is 5.49. The third-order valence-corrected chi connectivity index (χ3v) is 5.49. The molecule has 1 fully saturated rings. The molecule has 1 saturated heterocycles. The van der Waals surface area contributed by atoms with Crippen molar-refractivity contribution < 1.29 is 9.53 Å². The monoisotopic (exact) mass is 418 g/mol. The van der Waals surface area contributed by atoms with Gasteiger partial charge in [0.15, 0.2) is 0 Å². The van der Waals surface area contributed by atoms with Crippen LogP contribution in [-0.2, 0) is 17.8 Å². The van der Waals surface area contributed by atoms with Gasteiger partial charge in [0, 0.05) is 31.3 Å². The standard InChI is InChI=1S/C25H30N4O2/c1-18-5-4-6-22(13-18)17-29-24(11-12-26-29)27-25(30)23-9-7-21(8-10-23)16-28-14-19(2)31-20(3)15-28/h4-13,19-20H,14-17H2,1-3H3,(H,27,30). The van der Waals surface area contributed by atoms with Gasteiger partial charge < -0.3 is 10.1 Å². The predicted molar refractivity (Wildman–Crippen MR) is 122 cm³/mol. The Morgan fingerprint density at radius 3 is 2.48 bits per heavy atom. The van der Waals surface area contributed by atoms with Gasteiger partial charge in [0.2, 0.25) is 0 Å². The first-order valence-corrected chi connectivity index (χ1v) is 10.8. The molecule has 1 N–H and O–H groups in total. The van der Waals surface area contributed by atoms with E-state index in [1.54, 1.807) is 6.20 Å². The Morgan fingerprint density at radius 2 is 1.77 bits per heavy atom. The Bertz CT molecular complexity index is 1020. The van der Waals surface area contributed by atoms with Crippen molar-refractivity contribution in [2.45, 2.75) is 46.1 Å². The van der Waals surface area contributed by atoms with E-state index in [0.29, 0.717) is 17.9 Å². The van der Waals surface area contributed by atoms with Gasteiger partial charge >= 0.3 is 0 Å². The second-order valence-corrected chi connectivity index (χ2v) is 8.47. The fraction of sp³-hybridized carbons (Fsp3) is 0.360. The molecule has 4 rings (SSSR count). The lowest BCUT2D eigenvalue weighted by Gasteiger charge is -2.35. The van der Waals surface area contributed by atoms with Gasteiger partial charge in [-0.3, -0.25) is 9.69 Å². The van der Waals surface area contributed by atoms with Crippen molar-refractivity contribution in [3.63, 3.8) is 0 Å². The van der Waals surface area contributed by atoms with Gasteiger partial charge in [0.05, 0.1) is 24.9 Å². The van der Waals surface area contributed by atoms with Gasteiger partial charge in [-0.05, 0) is 44.0 Å². The first-order chi connectivity index (χ1) is 15.0. The van der Waals surface area contributed by atoms with Gasteiger partial charge in [-0.15, -0.1) is 0 Å². The summed E-state index contributed by atoms with van der Waals surface area (Å²) in [5, 5.41) is 7.35. The highest BCUT2D eigenvalue weighted by Crippen LogP contribution is 2.16. The molecule has 2 aromatic carbocycles. The van der Waals surface area contributed by atoms with E-state index in [-0.39, 0.29) is 18.1 Å².